The molecule has 174 valence electrons. The van der Waals surface area contributed by atoms with Crippen molar-refractivity contribution in [2.24, 2.45) is 0 Å². The molecule has 0 aliphatic heterocycles. The predicted molar refractivity (Wildman–Crippen MR) is 115 cm³/mol. The summed E-state index contributed by atoms with van der Waals surface area (Å²) in [5.41, 5.74) is 0.657. The number of hydrogen-bond donors (Lipinski definition) is 1. The van der Waals surface area contributed by atoms with Gasteiger partial charge < -0.3 is 9.84 Å². The molecule has 0 saturated carbocycles. The van der Waals surface area contributed by atoms with E-state index in [-0.39, 0.29) is 33.3 Å². The van der Waals surface area contributed by atoms with Crippen molar-refractivity contribution in [3.63, 3.8) is 0 Å². The number of halogens is 4. The highest BCUT2D eigenvalue weighted by atomic mass is 35.5. The third-order valence-electron chi connectivity index (χ3n) is 4.57. The van der Waals surface area contributed by atoms with E-state index in [1.807, 2.05) is 0 Å². The Balaban J connectivity index is 1.97. The van der Waals surface area contributed by atoms with E-state index in [9.17, 15) is 26.4 Å². The fraction of sp³-hybridized carbons (Fsp3) is 0.136. The van der Waals surface area contributed by atoms with Gasteiger partial charge in [0.15, 0.2) is 6.61 Å². The van der Waals surface area contributed by atoms with Gasteiger partial charge in [0.2, 0.25) is 10.0 Å². The monoisotopic (exact) mass is 499 g/mol. The molecule has 0 fully saturated rings. The SMILES string of the molecule is CN(Cc1ccc(OCC(=O)O)c(-c2cc(F)cc(F)c2)c1)S(=O)(=O)c1ccc(F)c(Cl)c1. The quantitative estimate of drug-likeness (QED) is 0.485. The molecule has 0 atom stereocenters. The third kappa shape index (κ3) is 5.84. The van der Waals surface area contributed by atoms with Gasteiger partial charge in [-0.1, -0.05) is 17.7 Å². The Hall–Kier alpha value is -3.08. The molecular weight excluding hydrogens is 483 g/mol. The van der Waals surface area contributed by atoms with Crippen LogP contribution in [-0.4, -0.2) is 37.5 Å². The van der Waals surface area contributed by atoms with Crippen LogP contribution in [0.25, 0.3) is 11.1 Å². The molecule has 6 nitrogen and oxygen atoms in total. The van der Waals surface area contributed by atoms with Crippen LogP contribution in [0.15, 0.2) is 59.5 Å². The molecule has 0 unspecified atom stereocenters. The lowest BCUT2D eigenvalue weighted by Gasteiger charge is -2.19. The summed E-state index contributed by atoms with van der Waals surface area (Å²) in [4.78, 5) is 10.7. The maximum absolute atomic E-state index is 13.8. The van der Waals surface area contributed by atoms with E-state index in [2.05, 4.69) is 0 Å². The van der Waals surface area contributed by atoms with Crippen molar-refractivity contribution >= 4 is 27.6 Å². The minimum Gasteiger partial charge on any atom is -0.481 e. The Kier molecular flexibility index (Phi) is 7.31. The molecule has 0 radical (unpaired) electrons. The number of aliphatic carboxylic acids is 1. The molecule has 0 aliphatic carbocycles. The molecule has 0 saturated heterocycles. The van der Waals surface area contributed by atoms with Gasteiger partial charge in [-0.3, -0.25) is 0 Å². The van der Waals surface area contributed by atoms with Crippen molar-refractivity contribution in [1.82, 2.24) is 4.31 Å². The topological polar surface area (TPSA) is 83.9 Å². The number of carboxylic acid groups (broad SMARTS) is 1. The Morgan fingerprint density at radius 1 is 1.03 bits per heavy atom. The number of carbonyl (C=O) groups is 1. The van der Waals surface area contributed by atoms with Crippen LogP contribution >= 0.6 is 11.6 Å². The third-order valence-corrected chi connectivity index (χ3v) is 6.66. The molecule has 0 amide bonds. The predicted octanol–water partition coefficient (Wildman–Crippen LogP) is 4.71. The van der Waals surface area contributed by atoms with E-state index < -0.39 is 40.1 Å². The van der Waals surface area contributed by atoms with Gasteiger partial charge >= 0.3 is 5.97 Å². The fourth-order valence-corrected chi connectivity index (χ4v) is 4.47. The van der Waals surface area contributed by atoms with E-state index in [0.717, 1.165) is 34.6 Å². The van der Waals surface area contributed by atoms with Crippen molar-refractivity contribution < 1.29 is 36.2 Å². The highest BCUT2D eigenvalue weighted by molar-refractivity contribution is 7.89. The highest BCUT2D eigenvalue weighted by Crippen LogP contribution is 2.33. The van der Waals surface area contributed by atoms with Gasteiger partial charge in [-0.2, -0.15) is 4.31 Å². The summed E-state index contributed by atoms with van der Waals surface area (Å²) in [5.74, 6) is -3.68. The molecule has 3 rings (SSSR count). The van der Waals surface area contributed by atoms with Crippen LogP contribution in [0, 0.1) is 17.5 Å². The average molecular weight is 500 g/mol. The number of rotatable bonds is 8. The lowest BCUT2D eigenvalue weighted by molar-refractivity contribution is -0.139. The summed E-state index contributed by atoms with van der Waals surface area (Å²) in [7, 11) is -2.75. The minimum atomic E-state index is -4.05. The van der Waals surface area contributed by atoms with Crippen molar-refractivity contribution in [1.29, 1.82) is 0 Å². The van der Waals surface area contributed by atoms with Gasteiger partial charge in [0.25, 0.3) is 0 Å². The lowest BCUT2D eigenvalue weighted by Crippen LogP contribution is -2.26. The maximum Gasteiger partial charge on any atom is 0.341 e. The van der Waals surface area contributed by atoms with Gasteiger partial charge in [0.05, 0.1) is 9.92 Å². The van der Waals surface area contributed by atoms with Crippen LogP contribution in [0.5, 0.6) is 5.75 Å². The minimum absolute atomic E-state index is 0.0435. The van der Waals surface area contributed by atoms with E-state index in [0.29, 0.717) is 11.6 Å². The summed E-state index contributed by atoms with van der Waals surface area (Å²) in [5, 5.41) is 8.53. The van der Waals surface area contributed by atoms with Crippen LogP contribution in [0.1, 0.15) is 5.56 Å². The number of benzene rings is 3. The maximum atomic E-state index is 13.8. The average Bonchev–Trinajstić information content (AvgIpc) is 2.73. The summed E-state index contributed by atoms with van der Waals surface area (Å²) in [6.45, 7) is -0.856. The van der Waals surface area contributed by atoms with E-state index in [1.165, 1.54) is 25.2 Å². The number of hydrogen-bond acceptors (Lipinski definition) is 4. The van der Waals surface area contributed by atoms with Crippen LogP contribution in [0.4, 0.5) is 13.2 Å². The molecule has 0 spiro atoms. The van der Waals surface area contributed by atoms with Crippen molar-refractivity contribution in [2.45, 2.75) is 11.4 Å². The molecule has 0 heterocycles. The van der Waals surface area contributed by atoms with Gasteiger partial charge in [0, 0.05) is 25.2 Å². The Labute approximate surface area is 192 Å². The molecule has 33 heavy (non-hydrogen) atoms. The second-order valence-corrected chi connectivity index (χ2v) is 9.46. The molecule has 3 aromatic rings. The number of sulfonamides is 1. The van der Waals surface area contributed by atoms with Crippen molar-refractivity contribution in [3.8, 4) is 16.9 Å². The standard InChI is InChI=1S/C22H17ClF3NO5S/c1-27(33(30,31)17-3-4-20(26)19(23)10-17)11-13-2-5-21(32-12-22(28)29)18(6-13)14-7-15(24)9-16(25)8-14/h2-10H,11-12H2,1H3,(H,28,29). The van der Waals surface area contributed by atoms with Crippen LogP contribution in [0.2, 0.25) is 5.02 Å². The molecule has 1 N–H and O–H groups in total. The first kappa shape index (κ1) is 24.6. The van der Waals surface area contributed by atoms with Crippen LogP contribution < -0.4 is 4.74 Å². The molecule has 0 aliphatic rings. The van der Waals surface area contributed by atoms with Gasteiger partial charge in [-0.25, -0.2) is 26.4 Å². The smallest absolute Gasteiger partial charge is 0.341 e. The molecular formula is C22H17ClF3NO5S. The second kappa shape index (κ2) is 9.82. The number of nitrogens with zero attached hydrogens (tertiary/aromatic N) is 1. The van der Waals surface area contributed by atoms with E-state index >= 15 is 0 Å². The largest absolute Gasteiger partial charge is 0.481 e. The Bertz CT molecular complexity index is 1300. The van der Waals surface area contributed by atoms with E-state index in [1.54, 1.807) is 0 Å². The zero-order valence-electron chi connectivity index (χ0n) is 17.1. The van der Waals surface area contributed by atoms with Crippen LogP contribution in [-0.2, 0) is 21.4 Å². The summed E-state index contributed by atoms with van der Waals surface area (Å²) in [6, 6.07) is 10.1. The molecule has 3 aromatic carbocycles. The molecule has 11 heteroatoms. The van der Waals surface area contributed by atoms with Crippen molar-refractivity contribution in [2.75, 3.05) is 13.7 Å². The van der Waals surface area contributed by atoms with E-state index in [4.69, 9.17) is 21.4 Å². The van der Waals surface area contributed by atoms with Crippen molar-refractivity contribution in [3.05, 3.63) is 82.6 Å². The van der Waals surface area contributed by atoms with Gasteiger partial charge in [0.1, 0.15) is 23.2 Å². The summed E-state index contributed by atoms with van der Waals surface area (Å²) < 4.78 is 72.9. The van der Waals surface area contributed by atoms with Gasteiger partial charge in [-0.05, 0) is 53.6 Å². The molecule has 0 aromatic heterocycles. The Morgan fingerprint density at radius 3 is 2.30 bits per heavy atom. The fourth-order valence-electron chi connectivity index (χ4n) is 3.04. The summed E-state index contributed by atoms with van der Waals surface area (Å²) in [6.07, 6.45) is 0. The van der Waals surface area contributed by atoms with Gasteiger partial charge in [-0.15, -0.1) is 0 Å². The normalized spacial score (nSPS) is 11.6. The second-order valence-electron chi connectivity index (χ2n) is 7.01. The first-order valence-corrected chi connectivity index (χ1v) is 11.1. The highest BCUT2D eigenvalue weighted by Gasteiger charge is 2.23. The summed E-state index contributed by atoms with van der Waals surface area (Å²) >= 11 is 5.69. The number of ether oxygens (including phenoxy) is 1. The zero-order valence-corrected chi connectivity index (χ0v) is 18.6. The first-order valence-electron chi connectivity index (χ1n) is 9.33. The molecule has 0 bridgehead atoms. The van der Waals surface area contributed by atoms with Crippen LogP contribution in [0.3, 0.4) is 0 Å². The zero-order chi connectivity index (χ0) is 24.3. The Morgan fingerprint density at radius 2 is 1.70 bits per heavy atom. The lowest BCUT2D eigenvalue weighted by atomic mass is 10.0. The number of carboxylic acids is 1. The first-order chi connectivity index (χ1) is 15.5.